The van der Waals surface area contributed by atoms with Gasteiger partial charge in [0.1, 0.15) is 0 Å². The first-order valence-electron chi connectivity index (χ1n) is 1.33. The average molecular weight is 693 g/mol. The summed E-state index contributed by atoms with van der Waals surface area (Å²) < 4.78 is 68.8. The Kier molecular flexibility index (Phi) is 488. The van der Waals surface area contributed by atoms with Crippen molar-refractivity contribution in [1.82, 2.24) is 0 Å². The molecule has 0 amide bonds. The van der Waals surface area contributed by atoms with Crippen molar-refractivity contribution >= 4 is 26.7 Å². The van der Waals surface area contributed by atoms with E-state index in [0.717, 1.165) is 0 Å². The summed E-state index contributed by atoms with van der Waals surface area (Å²) in [4.78, 5) is 0. The van der Waals surface area contributed by atoms with E-state index in [1.807, 2.05) is 0 Å². The normalized spacial score (nSPS) is 4.83. The van der Waals surface area contributed by atoms with Crippen LogP contribution in [-0.2, 0) is 65.6 Å². The van der Waals surface area contributed by atoms with E-state index in [-0.39, 0.29) is 152 Å². The summed E-state index contributed by atoms with van der Waals surface area (Å²) in [6, 6.07) is 0. The van der Waals surface area contributed by atoms with Crippen LogP contribution >= 0.6 is 0 Å². The molecule has 1 radical (unpaired) electrons. The van der Waals surface area contributed by atoms with Crippen LogP contribution in [0.1, 0.15) is 0 Å². The molecule has 0 rings (SSSR count). The van der Waals surface area contributed by atoms with Gasteiger partial charge in [0.15, 0.2) is 0 Å². The first-order valence-corrected chi connectivity index (χ1v) is 6.93. The predicted octanol–water partition coefficient (Wildman–Crippen LogP) is -19.5. The standard InChI is InChI=1S/Cr.Cs.2H2O4Se.12H2O/c;;2*1-5(2,3)4;;;;;;;;;;;;/h;;2*(H2,1,2,3,4);12*1H2/q+3;+1;;;;;;;;;;;;;;/p+2. The van der Waals surface area contributed by atoms with Gasteiger partial charge < -0.3 is 65.7 Å². The zero-order valence-corrected chi connectivity index (χ0v) is 22.9. The van der Waals surface area contributed by atoms with E-state index in [1.165, 1.54) is 0 Å². The van der Waals surface area contributed by atoms with Crippen LogP contribution in [0.2, 0.25) is 0 Å². The van der Waals surface area contributed by atoms with Crippen molar-refractivity contribution in [2.45, 2.75) is 0 Å². The largest absolute Gasteiger partial charge is 3.00 e. The third-order valence-corrected chi connectivity index (χ3v) is 0. The Morgan fingerprint density at radius 3 is 0.417 bits per heavy atom. The van der Waals surface area contributed by atoms with Crippen molar-refractivity contribution in [2.75, 3.05) is 0 Å². The minimum Gasteiger partial charge on any atom is -0.457 e. The minimum atomic E-state index is -5.75. The monoisotopic (exact) mass is 695 g/mol. The smallest absolute Gasteiger partial charge is 0.457 e. The SMILES string of the molecule is O.O.O.O.O.O.O=[Se](=O)([O-])[O-].O=[Se](=O)([O-])[O-].[Cr+3].[Cs+].[OH3+].[OH3+].[OH3+].[OH3+].[OH3+].[OH3+]. The van der Waals surface area contributed by atoms with Crippen molar-refractivity contribution in [3.63, 3.8) is 0 Å². The summed E-state index contributed by atoms with van der Waals surface area (Å²) in [6.45, 7) is 0. The van der Waals surface area contributed by atoms with E-state index in [2.05, 4.69) is 0 Å². The van der Waals surface area contributed by atoms with Gasteiger partial charge >= 0.3 is 145 Å². The van der Waals surface area contributed by atoms with Crippen LogP contribution in [0, 0.1) is 0 Å². The maximum atomic E-state index is 8.59. The van der Waals surface area contributed by atoms with Gasteiger partial charge in [0.2, 0.25) is 0 Å². The van der Waals surface area contributed by atoms with Crippen LogP contribution in [0.3, 0.4) is 0 Å². The maximum absolute atomic E-state index is 8.59. The van der Waals surface area contributed by atoms with Gasteiger partial charge in [-0.25, -0.2) is 0 Å². The Balaban J connectivity index is -0.00000000241. The third kappa shape index (κ3) is 2730. The van der Waals surface area contributed by atoms with E-state index >= 15 is 0 Å². The third-order valence-electron chi connectivity index (χ3n) is 0. The number of hydrogen-bond donors (Lipinski definition) is 0. The molecular formula is H30CrCsO20Se2+6. The molecule has 0 saturated carbocycles. The summed E-state index contributed by atoms with van der Waals surface area (Å²) in [5.41, 5.74) is 0. The molecule has 24 heavy (non-hydrogen) atoms. The molecule has 0 fully saturated rings. The predicted molar refractivity (Wildman–Crippen MR) is 65.2 cm³/mol. The van der Waals surface area contributed by atoms with Crippen molar-refractivity contribution in [3.8, 4) is 0 Å². The molecule has 30 N–H and O–H groups in total. The summed E-state index contributed by atoms with van der Waals surface area (Å²) in [7, 11) is 0. The molecule has 0 spiro atoms. The van der Waals surface area contributed by atoms with E-state index in [0.29, 0.717) is 0 Å². The first kappa shape index (κ1) is 160. The van der Waals surface area contributed by atoms with E-state index in [4.69, 9.17) is 32.1 Å². The fourth-order valence-electron chi connectivity index (χ4n) is 0. The molecule has 0 aliphatic carbocycles. The first-order chi connectivity index (χ1) is 4.00. The van der Waals surface area contributed by atoms with Crippen molar-refractivity contribution < 1.29 is 184 Å². The Morgan fingerprint density at radius 1 is 0.417 bits per heavy atom. The second kappa shape index (κ2) is 73.2. The molecule has 163 valence electrons. The fourth-order valence-corrected chi connectivity index (χ4v) is 0. The molecule has 0 unspecified atom stereocenters. The van der Waals surface area contributed by atoms with Gasteiger partial charge in [0.05, 0.1) is 0 Å². The zero-order chi connectivity index (χ0) is 9.00. The Hall–Kier alpha value is 2.18. The van der Waals surface area contributed by atoms with Crippen LogP contribution < -0.4 is 85.6 Å². The molecule has 0 aliphatic rings. The van der Waals surface area contributed by atoms with Crippen molar-refractivity contribution in [3.05, 3.63) is 0 Å². The second-order valence-corrected chi connectivity index (χ2v) is 4.24. The fraction of sp³-hybridized carbons (Fsp3) is 0. The summed E-state index contributed by atoms with van der Waals surface area (Å²) in [5, 5.41) is 0. The minimum absolute atomic E-state index is 0. The molecular weight excluding hydrogens is 663 g/mol. The van der Waals surface area contributed by atoms with Crippen LogP contribution in [0.15, 0.2) is 0 Å². The summed E-state index contributed by atoms with van der Waals surface area (Å²) >= 11 is -11.5. The number of hydrogen-bond acceptors (Lipinski definition) is 8. The Morgan fingerprint density at radius 2 is 0.417 bits per heavy atom. The van der Waals surface area contributed by atoms with E-state index < -0.39 is 26.7 Å². The zero-order valence-electron chi connectivity index (χ0n) is 12.0. The number of rotatable bonds is 0. The quantitative estimate of drug-likeness (QED) is 0.173. The van der Waals surface area contributed by atoms with Crippen molar-refractivity contribution in [2.24, 2.45) is 0 Å². The van der Waals surface area contributed by atoms with Gasteiger partial charge in [0.25, 0.3) is 0 Å². The maximum Gasteiger partial charge on any atom is 3.00 e. The molecule has 0 aliphatic heterocycles. The van der Waals surface area contributed by atoms with Gasteiger partial charge in [0, 0.05) is 0 Å². The molecule has 0 aromatic rings. The van der Waals surface area contributed by atoms with Gasteiger partial charge in [-0.15, -0.1) is 0 Å². The molecule has 0 atom stereocenters. The van der Waals surface area contributed by atoms with Gasteiger partial charge in [-0.05, 0) is 0 Å². The summed E-state index contributed by atoms with van der Waals surface area (Å²) in [5.74, 6) is 0. The molecule has 24 heteroatoms. The molecule has 0 aromatic heterocycles. The van der Waals surface area contributed by atoms with Crippen LogP contribution in [-0.4, -0.2) is 59.6 Å². The molecule has 0 heterocycles. The van der Waals surface area contributed by atoms with E-state index in [9.17, 15) is 0 Å². The Bertz CT molecular complexity index is 218. The molecule has 0 aromatic carbocycles. The van der Waals surface area contributed by atoms with Gasteiger partial charge in [-0.3, -0.25) is 0 Å². The van der Waals surface area contributed by atoms with Crippen molar-refractivity contribution in [1.29, 1.82) is 0 Å². The van der Waals surface area contributed by atoms with Gasteiger partial charge in [-0.1, -0.05) is 0 Å². The van der Waals surface area contributed by atoms with Crippen LogP contribution in [0.5, 0.6) is 0 Å². The Labute approximate surface area is 207 Å². The van der Waals surface area contributed by atoms with Crippen LogP contribution in [0.25, 0.3) is 0 Å². The topological polar surface area (TPSA) is 548 Å². The average Bonchev–Trinajstić information content (AvgIpc) is 1.12. The van der Waals surface area contributed by atoms with E-state index in [1.54, 1.807) is 0 Å². The molecule has 0 saturated heterocycles. The molecule has 0 bridgehead atoms. The second-order valence-electron chi connectivity index (χ2n) is 0.816. The van der Waals surface area contributed by atoms with Crippen LogP contribution in [0.4, 0.5) is 0 Å². The molecule has 20 nitrogen and oxygen atoms in total. The summed E-state index contributed by atoms with van der Waals surface area (Å²) in [6.07, 6.45) is 0. The van der Waals surface area contributed by atoms with Gasteiger partial charge in [-0.2, -0.15) is 0 Å².